The minimum atomic E-state index is -0.310. The van der Waals surface area contributed by atoms with E-state index in [2.05, 4.69) is 17.1 Å². The standard InChI is InChI=1S/C18H15NO2S/c1-21-18(20)15-8-6-13(7-9-15)12-22-17-11-10-14-4-2-3-5-16(14)19-17/h2-11H,12H2,1H3. The summed E-state index contributed by atoms with van der Waals surface area (Å²) in [5.74, 6) is 0.502. The first kappa shape index (κ1) is 14.6. The van der Waals surface area contributed by atoms with E-state index in [9.17, 15) is 4.79 Å². The molecule has 3 rings (SSSR count). The monoisotopic (exact) mass is 309 g/mol. The summed E-state index contributed by atoms with van der Waals surface area (Å²) in [6.07, 6.45) is 0. The second kappa shape index (κ2) is 6.62. The van der Waals surface area contributed by atoms with Crippen LogP contribution in [-0.4, -0.2) is 18.1 Å². The Labute approximate surface area is 133 Å². The Balaban J connectivity index is 1.69. The number of pyridine rings is 1. The first-order chi connectivity index (χ1) is 10.8. The van der Waals surface area contributed by atoms with Crippen LogP contribution in [-0.2, 0) is 10.5 Å². The maximum atomic E-state index is 11.4. The first-order valence-corrected chi connectivity index (χ1v) is 7.91. The fourth-order valence-corrected chi connectivity index (χ4v) is 2.97. The molecule has 1 heterocycles. The molecule has 0 fully saturated rings. The van der Waals surface area contributed by atoms with E-state index in [1.54, 1.807) is 23.9 Å². The number of carbonyl (C=O) groups excluding carboxylic acids is 1. The number of esters is 1. The molecule has 0 spiro atoms. The number of ether oxygens (including phenoxy) is 1. The van der Waals surface area contributed by atoms with E-state index in [0.717, 1.165) is 27.2 Å². The number of rotatable bonds is 4. The molecule has 0 amide bonds. The van der Waals surface area contributed by atoms with Crippen LogP contribution in [0.25, 0.3) is 10.9 Å². The lowest BCUT2D eigenvalue weighted by atomic mass is 10.1. The molecule has 0 unspecified atom stereocenters. The van der Waals surface area contributed by atoms with Crippen LogP contribution in [0.1, 0.15) is 15.9 Å². The van der Waals surface area contributed by atoms with Gasteiger partial charge in [0.05, 0.1) is 23.2 Å². The number of aromatic nitrogens is 1. The third-order valence-electron chi connectivity index (χ3n) is 3.33. The number of methoxy groups -OCH3 is 1. The van der Waals surface area contributed by atoms with E-state index in [0.29, 0.717) is 5.56 Å². The Kier molecular flexibility index (Phi) is 4.39. The number of hydrogen-bond donors (Lipinski definition) is 0. The van der Waals surface area contributed by atoms with Crippen LogP contribution >= 0.6 is 11.8 Å². The number of fused-ring (bicyclic) bond motifs is 1. The number of nitrogens with zero attached hydrogens (tertiary/aromatic N) is 1. The van der Waals surface area contributed by atoms with Crippen molar-refractivity contribution in [1.82, 2.24) is 4.98 Å². The van der Waals surface area contributed by atoms with E-state index in [1.165, 1.54) is 7.11 Å². The van der Waals surface area contributed by atoms with E-state index < -0.39 is 0 Å². The predicted octanol–water partition coefficient (Wildman–Crippen LogP) is 4.31. The molecule has 1 aromatic heterocycles. The number of carbonyl (C=O) groups is 1. The second-order valence-corrected chi connectivity index (χ2v) is 5.81. The van der Waals surface area contributed by atoms with Gasteiger partial charge in [-0.1, -0.05) is 36.4 Å². The average molecular weight is 309 g/mol. The largest absolute Gasteiger partial charge is 0.465 e. The fourth-order valence-electron chi connectivity index (χ4n) is 2.14. The topological polar surface area (TPSA) is 39.2 Å². The highest BCUT2D eigenvalue weighted by Gasteiger charge is 2.05. The molecule has 0 radical (unpaired) electrons. The predicted molar refractivity (Wildman–Crippen MR) is 89.1 cm³/mol. The zero-order chi connectivity index (χ0) is 15.4. The quantitative estimate of drug-likeness (QED) is 0.531. The van der Waals surface area contributed by atoms with Crippen LogP contribution in [0, 0.1) is 0 Å². The molecule has 0 saturated carbocycles. The minimum absolute atomic E-state index is 0.310. The molecule has 0 aliphatic heterocycles. The van der Waals surface area contributed by atoms with Crippen molar-refractivity contribution < 1.29 is 9.53 Å². The molecule has 3 aromatic rings. The summed E-state index contributed by atoms with van der Waals surface area (Å²) < 4.78 is 4.69. The van der Waals surface area contributed by atoms with Crippen LogP contribution < -0.4 is 0 Å². The van der Waals surface area contributed by atoms with E-state index in [1.807, 2.05) is 36.4 Å². The van der Waals surface area contributed by atoms with E-state index in [4.69, 9.17) is 4.74 Å². The molecule has 0 N–H and O–H groups in total. The Hall–Kier alpha value is -2.33. The lowest BCUT2D eigenvalue weighted by Crippen LogP contribution is -2.00. The van der Waals surface area contributed by atoms with E-state index >= 15 is 0 Å². The third-order valence-corrected chi connectivity index (χ3v) is 4.34. The van der Waals surface area contributed by atoms with Gasteiger partial charge < -0.3 is 4.74 Å². The number of hydrogen-bond acceptors (Lipinski definition) is 4. The molecule has 2 aromatic carbocycles. The average Bonchev–Trinajstić information content (AvgIpc) is 2.59. The molecule has 0 bridgehead atoms. The maximum Gasteiger partial charge on any atom is 0.337 e. The lowest BCUT2D eigenvalue weighted by molar-refractivity contribution is 0.0600. The third kappa shape index (κ3) is 3.28. The zero-order valence-electron chi connectivity index (χ0n) is 12.2. The van der Waals surface area contributed by atoms with Gasteiger partial charge in [-0.15, -0.1) is 11.8 Å². The number of benzene rings is 2. The summed E-state index contributed by atoms with van der Waals surface area (Å²) in [4.78, 5) is 16.0. The zero-order valence-corrected chi connectivity index (χ0v) is 13.0. The normalized spacial score (nSPS) is 10.6. The molecule has 0 aliphatic carbocycles. The first-order valence-electron chi connectivity index (χ1n) is 6.92. The van der Waals surface area contributed by atoms with E-state index in [-0.39, 0.29) is 5.97 Å². The van der Waals surface area contributed by atoms with Crippen LogP contribution in [0.2, 0.25) is 0 Å². The Morgan fingerprint density at radius 2 is 1.82 bits per heavy atom. The molecule has 0 atom stereocenters. The van der Waals surface area contributed by atoms with Crippen LogP contribution in [0.5, 0.6) is 0 Å². The van der Waals surface area contributed by atoms with Crippen molar-refractivity contribution in [3.63, 3.8) is 0 Å². The van der Waals surface area contributed by atoms with Crippen molar-refractivity contribution in [2.75, 3.05) is 7.11 Å². The van der Waals surface area contributed by atoms with Gasteiger partial charge in [0.25, 0.3) is 0 Å². The summed E-state index contributed by atoms with van der Waals surface area (Å²) in [5.41, 5.74) is 2.72. The lowest BCUT2D eigenvalue weighted by Gasteiger charge is -2.04. The summed E-state index contributed by atoms with van der Waals surface area (Å²) in [6, 6.07) is 19.7. The van der Waals surface area contributed by atoms with Gasteiger partial charge in [-0.2, -0.15) is 0 Å². The SMILES string of the molecule is COC(=O)c1ccc(CSc2ccc3ccccc3n2)cc1. The van der Waals surface area contributed by atoms with Crippen molar-refractivity contribution >= 4 is 28.6 Å². The fraction of sp³-hybridized carbons (Fsp3) is 0.111. The molecule has 0 saturated heterocycles. The van der Waals surface area contributed by atoms with Crippen molar-refractivity contribution in [2.24, 2.45) is 0 Å². The molecular weight excluding hydrogens is 294 g/mol. The van der Waals surface area contributed by atoms with Gasteiger partial charge in [-0.25, -0.2) is 9.78 Å². The van der Waals surface area contributed by atoms with Gasteiger partial charge >= 0.3 is 5.97 Å². The minimum Gasteiger partial charge on any atom is -0.465 e. The molecule has 22 heavy (non-hydrogen) atoms. The highest BCUT2D eigenvalue weighted by Crippen LogP contribution is 2.23. The van der Waals surface area contributed by atoms with Crippen LogP contribution in [0.15, 0.2) is 65.7 Å². The Morgan fingerprint density at radius 1 is 1.05 bits per heavy atom. The molecular formula is C18H15NO2S. The smallest absolute Gasteiger partial charge is 0.337 e. The Morgan fingerprint density at radius 3 is 2.59 bits per heavy atom. The van der Waals surface area contributed by atoms with Gasteiger partial charge in [0.15, 0.2) is 0 Å². The summed E-state index contributed by atoms with van der Waals surface area (Å²) >= 11 is 1.68. The Bertz CT molecular complexity index is 800. The van der Waals surface area contributed by atoms with Crippen molar-refractivity contribution in [3.05, 3.63) is 71.8 Å². The van der Waals surface area contributed by atoms with Crippen molar-refractivity contribution in [3.8, 4) is 0 Å². The molecule has 0 aliphatic rings. The molecule has 110 valence electrons. The number of para-hydroxylation sites is 1. The van der Waals surface area contributed by atoms with Crippen molar-refractivity contribution in [1.29, 1.82) is 0 Å². The molecule has 3 nitrogen and oxygen atoms in total. The highest BCUT2D eigenvalue weighted by atomic mass is 32.2. The second-order valence-electron chi connectivity index (χ2n) is 4.82. The summed E-state index contributed by atoms with van der Waals surface area (Å²) in [5, 5.41) is 2.14. The van der Waals surface area contributed by atoms with Gasteiger partial charge in [-0.05, 0) is 29.8 Å². The van der Waals surface area contributed by atoms with Crippen molar-refractivity contribution in [2.45, 2.75) is 10.8 Å². The van der Waals surface area contributed by atoms with Crippen LogP contribution in [0.4, 0.5) is 0 Å². The van der Waals surface area contributed by atoms with Gasteiger partial charge in [0, 0.05) is 11.1 Å². The number of thioether (sulfide) groups is 1. The van der Waals surface area contributed by atoms with Crippen LogP contribution in [0.3, 0.4) is 0 Å². The van der Waals surface area contributed by atoms with Gasteiger partial charge in [0.1, 0.15) is 0 Å². The summed E-state index contributed by atoms with van der Waals surface area (Å²) in [6.45, 7) is 0. The van der Waals surface area contributed by atoms with Gasteiger partial charge in [0.2, 0.25) is 0 Å². The van der Waals surface area contributed by atoms with Gasteiger partial charge in [-0.3, -0.25) is 0 Å². The summed E-state index contributed by atoms with van der Waals surface area (Å²) in [7, 11) is 1.39. The highest BCUT2D eigenvalue weighted by molar-refractivity contribution is 7.98. The molecule has 4 heteroatoms. The maximum absolute atomic E-state index is 11.4.